The van der Waals surface area contributed by atoms with Crippen molar-refractivity contribution in [1.82, 2.24) is 72.4 Å². The fourth-order valence-corrected chi connectivity index (χ4v) is 13.7. The van der Waals surface area contributed by atoms with Crippen molar-refractivity contribution >= 4 is 113 Å². The molecule has 12 atom stereocenters. The van der Waals surface area contributed by atoms with E-state index in [1.165, 1.54) is 24.5 Å². The Labute approximate surface area is 629 Å². The molecule has 5 aliphatic heterocycles. The Kier molecular flexibility index (Phi) is 35.5. The molecule has 0 unspecified atom stereocenters. The number of amides is 14. The number of carbonyl (C=O) groups is 17. The van der Waals surface area contributed by atoms with Crippen LogP contribution in [0.5, 0.6) is 0 Å². The SMILES string of the molecule is CC(C)C[C@H](NC(=O)[C@H](CCCN=C(N)N)NC(=O)[C@H](CC(=O)O)NC(=O)[C@@H]1CCCN1C(=O)[C@@H]1CCCN1C(=O)[C@H](CCC(=O)O)NC(=O)[C@@H]1CCCN1C(=O)[C@@H]1CCCN1C(=O)CNC(=O)[C@H](CCCN=C(N)N)NC(=O)[C@@H]1CCCN1C(=O)[C@H](CC(C)C)NC(=O)CNC(=O)CNC(=O)[C@@H](N)CO)C(=O)O. The van der Waals surface area contributed by atoms with Crippen molar-refractivity contribution in [2.24, 2.45) is 50.5 Å². The van der Waals surface area contributed by atoms with Crippen molar-refractivity contribution in [2.75, 3.05) is 72.1 Å². The largest absolute Gasteiger partial charge is 0.481 e. The first-order valence-corrected chi connectivity index (χ1v) is 36.8. The van der Waals surface area contributed by atoms with Gasteiger partial charge in [-0.3, -0.25) is 86.7 Å². The zero-order valence-corrected chi connectivity index (χ0v) is 62.0. The van der Waals surface area contributed by atoms with Gasteiger partial charge in [-0.1, -0.05) is 27.7 Å². The smallest absolute Gasteiger partial charge is 0.326 e. The maximum Gasteiger partial charge on any atom is 0.326 e. The van der Waals surface area contributed by atoms with Crippen LogP contribution in [0, 0.1) is 11.8 Å². The lowest BCUT2D eigenvalue weighted by Crippen LogP contribution is -2.60. The number of aliphatic carboxylic acids is 3. The Balaban J connectivity index is 1.24. The van der Waals surface area contributed by atoms with Crippen LogP contribution in [-0.4, -0.2) is 302 Å². The summed E-state index contributed by atoms with van der Waals surface area (Å²) in [6.45, 7) is 4.73. The van der Waals surface area contributed by atoms with Crippen LogP contribution < -0.4 is 76.5 Å². The number of rotatable bonds is 42. The van der Waals surface area contributed by atoms with Gasteiger partial charge in [-0.25, -0.2) is 4.79 Å². The first-order chi connectivity index (χ1) is 51.5. The highest BCUT2D eigenvalue weighted by atomic mass is 16.4. The van der Waals surface area contributed by atoms with E-state index in [1.807, 2.05) is 0 Å². The van der Waals surface area contributed by atoms with Gasteiger partial charge in [0, 0.05) is 52.2 Å². The van der Waals surface area contributed by atoms with Gasteiger partial charge in [-0.2, -0.15) is 0 Å². The molecule has 5 saturated heterocycles. The lowest BCUT2D eigenvalue weighted by atomic mass is 10.0. The van der Waals surface area contributed by atoms with Crippen LogP contribution in [0.2, 0.25) is 0 Å². The summed E-state index contributed by atoms with van der Waals surface area (Å²) in [5, 5.41) is 60.8. The molecule has 14 amide bonds. The van der Waals surface area contributed by atoms with Gasteiger partial charge < -0.3 is 121 Å². The molecule has 608 valence electrons. The molecule has 109 heavy (non-hydrogen) atoms. The number of nitrogens with zero attached hydrogens (tertiary/aromatic N) is 7. The first kappa shape index (κ1) is 89.1. The van der Waals surface area contributed by atoms with Crippen LogP contribution in [0.3, 0.4) is 0 Å². The van der Waals surface area contributed by atoms with Crippen molar-refractivity contribution < 1.29 is 102 Å². The van der Waals surface area contributed by atoms with Gasteiger partial charge in [0.2, 0.25) is 82.7 Å². The minimum absolute atomic E-state index is 0.0114. The predicted octanol–water partition coefficient (Wildman–Crippen LogP) is -7.86. The summed E-state index contributed by atoms with van der Waals surface area (Å²) in [6.07, 6.45) is 0.0266. The zero-order chi connectivity index (χ0) is 80.9. The predicted molar refractivity (Wildman–Crippen MR) is 385 cm³/mol. The third-order valence-corrected chi connectivity index (χ3v) is 19.1. The monoisotopic (exact) mass is 1540 g/mol. The Morgan fingerprint density at radius 1 is 0.422 bits per heavy atom. The number of likely N-dealkylation sites (tertiary alicyclic amines) is 5. The second-order valence-corrected chi connectivity index (χ2v) is 28.5. The summed E-state index contributed by atoms with van der Waals surface area (Å²) >= 11 is 0. The van der Waals surface area contributed by atoms with Crippen molar-refractivity contribution in [2.45, 2.75) is 222 Å². The number of carboxylic acid groups (broad SMARTS) is 3. The molecule has 42 heteroatoms. The van der Waals surface area contributed by atoms with Crippen LogP contribution in [-0.2, 0) is 81.5 Å². The number of carbonyl (C=O) groups excluding carboxylic acids is 14. The summed E-state index contributed by atoms with van der Waals surface area (Å²) in [6, 6.07) is -16.0. The second-order valence-electron chi connectivity index (χ2n) is 28.5. The third-order valence-electron chi connectivity index (χ3n) is 19.1. The third kappa shape index (κ3) is 27.6. The van der Waals surface area contributed by atoms with Gasteiger partial charge in [0.1, 0.15) is 72.5 Å². The Hall–Kier alpha value is -10.5. The molecule has 0 aromatic rings. The van der Waals surface area contributed by atoms with E-state index in [0.717, 1.165) is 0 Å². The zero-order valence-electron chi connectivity index (χ0n) is 62.0. The number of guanidine groups is 2. The van der Waals surface area contributed by atoms with Gasteiger partial charge in [0.05, 0.1) is 32.7 Å². The molecule has 42 nitrogen and oxygen atoms in total. The molecule has 5 aliphatic rings. The highest BCUT2D eigenvalue weighted by Gasteiger charge is 2.48. The summed E-state index contributed by atoms with van der Waals surface area (Å²) in [7, 11) is 0. The molecule has 0 aliphatic carbocycles. The summed E-state index contributed by atoms with van der Waals surface area (Å²) in [5.74, 6) is -16.3. The van der Waals surface area contributed by atoms with Crippen LogP contribution >= 0.6 is 0 Å². The minimum Gasteiger partial charge on any atom is -0.481 e. The molecule has 23 N–H and O–H groups in total. The molecule has 5 fully saturated rings. The van der Waals surface area contributed by atoms with E-state index in [4.69, 9.17) is 33.8 Å². The molecule has 0 aromatic heterocycles. The number of aliphatic hydroxyl groups excluding tert-OH is 1. The molecule has 0 radical (unpaired) electrons. The van der Waals surface area contributed by atoms with Gasteiger partial charge in [0.25, 0.3) is 0 Å². The Morgan fingerprint density at radius 2 is 0.826 bits per heavy atom. The van der Waals surface area contributed by atoms with E-state index in [2.05, 4.69) is 57.8 Å². The summed E-state index contributed by atoms with van der Waals surface area (Å²) in [5.41, 5.74) is 27.4. The highest BCUT2D eigenvalue weighted by Crippen LogP contribution is 2.29. The summed E-state index contributed by atoms with van der Waals surface area (Å²) < 4.78 is 0. The number of nitrogens with one attached hydrogen (secondary N) is 9. The van der Waals surface area contributed by atoms with E-state index < -0.39 is 219 Å². The van der Waals surface area contributed by atoms with Crippen LogP contribution in [0.15, 0.2) is 9.98 Å². The minimum atomic E-state index is -1.84. The Morgan fingerprint density at radius 3 is 1.31 bits per heavy atom. The molecular formula is C67H109N21O21. The second kappa shape index (κ2) is 43.4. The molecular weight excluding hydrogens is 1430 g/mol. The fourth-order valence-electron chi connectivity index (χ4n) is 13.7. The average Bonchev–Trinajstić information content (AvgIpc) is 1.68. The maximum absolute atomic E-state index is 14.7. The van der Waals surface area contributed by atoms with Gasteiger partial charge in [-0.05, 0) is 121 Å². The van der Waals surface area contributed by atoms with Crippen molar-refractivity contribution in [1.29, 1.82) is 0 Å². The number of aliphatic imine (C=N–C) groups is 2. The number of carboxylic acids is 3. The number of hydrogen-bond acceptors (Lipinski definition) is 21. The first-order valence-electron chi connectivity index (χ1n) is 36.8. The molecule has 5 heterocycles. The van der Waals surface area contributed by atoms with E-state index in [-0.39, 0.29) is 153 Å². The molecule has 0 saturated carbocycles. The van der Waals surface area contributed by atoms with Crippen LogP contribution in [0.4, 0.5) is 0 Å². The van der Waals surface area contributed by atoms with E-state index in [1.54, 1.807) is 27.7 Å². The molecule has 0 aromatic carbocycles. The van der Waals surface area contributed by atoms with Crippen molar-refractivity contribution in [3.8, 4) is 0 Å². The van der Waals surface area contributed by atoms with Crippen molar-refractivity contribution in [3.63, 3.8) is 0 Å². The van der Waals surface area contributed by atoms with E-state index >= 15 is 0 Å². The summed E-state index contributed by atoms with van der Waals surface area (Å²) in [4.78, 5) is 244. The van der Waals surface area contributed by atoms with Crippen LogP contribution in [0.25, 0.3) is 0 Å². The average molecular weight is 1540 g/mol. The maximum atomic E-state index is 14.7. The van der Waals surface area contributed by atoms with Crippen molar-refractivity contribution in [3.05, 3.63) is 0 Å². The standard InChI is InChI=1S/C67H109N21O21/c1-35(2)28-42(78-50(91)32-75-49(90)31-76-54(97)37(68)34-89)62(105)85-24-7-14-44(85)58(101)80-38(12-5-21-73-66(69)70)55(98)77-33-51(92)84-23-10-17-47(84)63(106)86-25-8-15-45(86)59(102)81-40(19-20-52(93)94)61(104)88-27-11-18-48(88)64(107)87-26-9-16-46(87)60(103)82-41(30-53(95)96)57(100)79-39(13-6-22-74-67(71)72)56(99)83-43(65(108)109)29-36(3)4/h35-48,89H,5-34,68H2,1-4H3,(H,75,90)(H,76,97)(H,77,98)(H,78,91)(H,79,100)(H,80,101)(H,81,102)(H,82,103)(H,83,99)(H,93,94)(H,95,96)(H,108,109)(H4,69,70,73)(H4,71,72,74)/t37-,38-,39-,40-,41-,42-,43-,44-,45-,46-,47-,48-/m0/s1. The number of nitrogens with two attached hydrogens (primary N) is 5. The fraction of sp³-hybridized carbons (Fsp3) is 0.716. The van der Waals surface area contributed by atoms with E-state index in [0.29, 0.717) is 19.3 Å². The topological polar surface area (TPSA) is 650 Å². The highest BCUT2D eigenvalue weighted by molar-refractivity contribution is 6.01. The lowest BCUT2D eigenvalue weighted by Gasteiger charge is -2.34. The molecule has 0 bridgehead atoms. The number of aliphatic hydroxyl groups is 1. The van der Waals surface area contributed by atoms with Gasteiger partial charge in [-0.15, -0.1) is 0 Å². The van der Waals surface area contributed by atoms with E-state index in [9.17, 15) is 96.8 Å². The Bertz CT molecular complexity index is 3370. The van der Waals surface area contributed by atoms with Gasteiger partial charge >= 0.3 is 17.9 Å². The number of hydrogen-bond donors (Lipinski definition) is 18. The molecule has 5 rings (SSSR count). The van der Waals surface area contributed by atoms with Crippen LogP contribution in [0.1, 0.15) is 150 Å². The van der Waals surface area contributed by atoms with Gasteiger partial charge in [0.15, 0.2) is 11.9 Å². The quantitative estimate of drug-likeness (QED) is 0.0153. The lowest BCUT2D eigenvalue weighted by molar-refractivity contribution is -0.149. The molecule has 0 spiro atoms. The normalized spacial score (nSPS) is 20.1.